The van der Waals surface area contributed by atoms with E-state index in [-0.39, 0.29) is 5.92 Å². The van der Waals surface area contributed by atoms with Crippen molar-refractivity contribution in [2.75, 3.05) is 7.11 Å². The van der Waals surface area contributed by atoms with Crippen molar-refractivity contribution >= 4 is 21.8 Å². The van der Waals surface area contributed by atoms with Crippen molar-refractivity contribution in [3.8, 4) is 0 Å². The molecule has 0 aromatic heterocycles. The lowest BCUT2D eigenvalue weighted by molar-refractivity contribution is 0.380. The van der Waals surface area contributed by atoms with Crippen molar-refractivity contribution in [3.05, 3.63) is 34.3 Å². The molecule has 1 aromatic carbocycles. The zero-order chi connectivity index (χ0) is 9.84. The summed E-state index contributed by atoms with van der Waals surface area (Å²) in [6, 6.07) is 7.91. The van der Waals surface area contributed by atoms with Crippen LogP contribution in [0.25, 0.3) is 0 Å². The molecule has 2 nitrogen and oxygen atoms in total. The molecule has 0 spiro atoms. The fraction of sp³-hybridized carbons (Fsp3) is 0.300. The van der Waals surface area contributed by atoms with Crippen molar-refractivity contribution < 1.29 is 4.74 Å². The molecule has 1 unspecified atom stereocenters. The lowest BCUT2D eigenvalue weighted by Gasteiger charge is -2.11. The lowest BCUT2D eigenvalue weighted by atomic mass is 10.0. The molecule has 3 heteroatoms. The fourth-order valence-corrected chi connectivity index (χ4v) is 1.34. The van der Waals surface area contributed by atoms with E-state index in [1.165, 1.54) is 7.11 Å². The van der Waals surface area contributed by atoms with Gasteiger partial charge in [0.05, 0.1) is 13.0 Å². The van der Waals surface area contributed by atoms with Crippen molar-refractivity contribution in [2.24, 2.45) is 0 Å². The van der Waals surface area contributed by atoms with Gasteiger partial charge in [0.15, 0.2) is 5.90 Å². The summed E-state index contributed by atoms with van der Waals surface area (Å²) in [6.45, 7) is 1.95. The molecular weight excluding hydrogens is 230 g/mol. The Hall–Kier alpha value is -0.830. The first-order valence-electron chi connectivity index (χ1n) is 4.03. The summed E-state index contributed by atoms with van der Waals surface area (Å²) in [6.07, 6.45) is 0. The van der Waals surface area contributed by atoms with Crippen LogP contribution in [0.1, 0.15) is 18.4 Å². The first-order valence-corrected chi connectivity index (χ1v) is 4.82. The average Bonchev–Trinajstić information content (AvgIpc) is 2.17. The summed E-state index contributed by atoms with van der Waals surface area (Å²) in [4.78, 5) is 0. The van der Waals surface area contributed by atoms with Crippen molar-refractivity contribution in [3.63, 3.8) is 0 Å². The normalized spacial score (nSPS) is 12.2. The molecule has 1 rings (SSSR count). The molecule has 0 aliphatic heterocycles. The summed E-state index contributed by atoms with van der Waals surface area (Å²) in [5.74, 6) is 0.320. The Labute approximate surface area is 86.6 Å². The third-order valence-electron chi connectivity index (χ3n) is 1.98. The Kier molecular flexibility index (Phi) is 3.48. The number of ether oxygens (including phenoxy) is 1. The molecule has 0 fully saturated rings. The molecule has 70 valence electrons. The standard InChI is InChI=1S/C10H12BrNO/c1-7(10(12)13-2)8-3-5-9(11)6-4-8/h3-7,12H,1-2H3. The summed E-state index contributed by atoms with van der Waals surface area (Å²) in [5, 5.41) is 7.50. The van der Waals surface area contributed by atoms with Gasteiger partial charge in [-0.25, -0.2) is 0 Å². The van der Waals surface area contributed by atoms with Gasteiger partial charge in [0.25, 0.3) is 0 Å². The Morgan fingerprint density at radius 3 is 2.38 bits per heavy atom. The number of benzene rings is 1. The van der Waals surface area contributed by atoms with Gasteiger partial charge in [-0.1, -0.05) is 28.1 Å². The molecule has 1 N–H and O–H groups in total. The molecule has 0 saturated carbocycles. The van der Waals surface area contributed by atoms with E-state index in [1.54, 1.807) is 0 Å². The Morgan fingerprint density at radius 1 is 1.38 bits per heavy atom. The largest absolute Gasteiger partial charge is 0.484 e. The summed E-state index contributed by atoms with van der Waals surface area (Å²) in [7, 11) is 1.53. The number of halogens is 1. The molecule has 0 amide bonds. The molecular formula is C10H12BrNO. The maximum absolute atomic E-state index is 7.50. The van der Waals surface area contributed by atoms with Crippen LogP contribution in [0, 0.1) is 5.41 Å². The van der Waals surface area contributed by atoms with Gasteiger partial charge >= 0.3 is 0 Å². The highest BCUT2D eigenvalue weighted by atomic mass is 79.9. The number of nitrogens with one attached hydrogen (secondary N) is 1. The third-order valence-corrected chi connectivity index (χ3v) is 2.51. The average molecular weight is 242 g/mol. The molecule has 0 radical (unpaired) electrons. The Balaban J connectivity index is 2.83. The zero-order valence-corrected chi connectivity index (χ0v) is 9.26. The van der Waals surface area contributed by atoms with E-state index in [0.717, 1.165) is 10.0 Å². The first kappa shape index (κ1) is 10.3. The minimum absolute atomic E-state index is 0.0260. The first-order chi connectivity index (χ1) is 6.15. The van der Waals surface area contributed by atoms with Crippen molar-refractivity contribution in [2.45, 2.75) is 12.8 Å². The minimum atomic E-state index is 0.0260. The number of rotatable bonds is 2. The molecule has 0 bridgehead atoms. The van der Waals surface area contributed by atoms with Gasteiger partial charge in [0, 0.05) is 4.47 Å². The second-order valence-electron chi connectivity index (χ2n) is 2.84. The molecule has 0 heterocycles. The van der Waals surface area contributed by atoms with Crippen LogP contribution < -0.4 is 0 Å². The highest BCUT2D eigenvalue weighted by Gasteiger charge is 2.10. The van der Waals surface area contributed by atoms with Gasteiger partial charge in [-0.15, -0.1) is 0 Å². The van der Waals surface area contributed by atoms with Crippen LogP contribution in [-0.4, -0.2) is 13.0 Å². The number of hydrogen-bond donors (Lipinski definition) is 1. The Bertz CT molecular complexity index is 294. The van der Waals surface area contributed by atoms with Gasteiger partial charge in [-0.2, -0.15) is 0 Å². The maximum atomic E-state index is 7.50. The topological polar surface area (TPSA) is 33.1 Å². The van der Waals surface area contributed by atoms with Gasteiger partial charge in [-0.3, -0.25) is 5.41 Å². The van der Waals surface area contributed by atoms with Gasteiger partial charge in [-0.05, 0) is 24.6 Å². The second kappa shape index (κ2) is 4.42. The van der Waals surface area contributed by atoms with Gasteiger partial charge in [0.2, 0.25) is 0 Å². The SMILES string of the molecule is COC(=N)C(C)c1ccc(Br)cc1. The highest BCUT2D eigenvalue weighted by molar-refractivity contribution is 9.10. The predicted molar refractivity (Wildman–Crippen MR) is 57.3 cm³/mol. The smallest absolute Gasteiger partial charge is 0.187 e. The van der Waals surface area contributed by atoms with Crippen LogP contribution in [0.2, 0.25) is 0 Å². The van der Waals surface area contributed by atoms with Crippen LogP contribution >= 0.6 is 15.9 Å². The van der Waals surface area contributed by atoms with E-state index in [2.05, 4.69) is 15.9 Å². The molecule has 13 heavy (non-hydrogen) atoms. The monoisotopic (exact) mass is 241 g/mol. The quantitative estimate of drug-likeness (QED) is 0.627. The fourth-order valence-electron chi connectivity index (χ4n) is 1.08. The van der Waals surface area contributed by atoms with Crippen LogP contribution in [-0.2, 0) is 4.74 Å². The second-order valence-corrected chi connectivity index (χ2v) is 3.76. The zero-order valence-electron chi connectivity index (χ0n) is 7.67. The molecule has 1 aromatic rings. The maximum Gasteiger partial charge on any atom is 0.187 e. The van der Waals surface area contributed by atoms with Crippen LogP contribution in [0.15, 0.2) is 28.7 Å². The summed E-state index contributed by atoms with van der Waals surface area (Å²) in [5.41, 5.74) is 1.09. The molecule has 0 saturated heterocycles. The molecule has 0 aliphatic rings. The van der Waals surface area contributed by atoms with Crippen LogP contribution in [0.4, 0.5) is 0 Å². The summed E-state index contributed by atoms with van der Waals surface area (Å²) < 4.78 is 5.92. The van der Waals surface area contributed by atoms with E-state index in [1.807, 2.05) is 31.2 Å². The molecule has 1 atom stereocenters. The number of methoxy groups -OCH3 is 1. The summed E-state index contributed by atoms with van der Waals surface area (Å²) >= 11 is 3.36. The van der Waals surface area contributed by atoms with E-state index in [0.29, 0.717) is 5.90 Å². The van der Waals surface area contributed by atoms with E-state index < -0.39 is 0 Å². The van der Waals surface area contributed by atoms with Crippen molar-refractivity contribution in [1.29, 1.82) is 5.41 Å². The van der Waals surface area contributed by atoms with Gasteiger partial charge in [0.1, 0.15) is 0 Å². The van der Waals surface area contributed by atoms with Crippen LogP contribution in [0.5, 0.6) is 0 Å². The van der Waals surface area contributed by atoms with Gasteiger partial charge < -0.3 is 4.74 Å². The van der Waals surface area contributed by atoms with Crippen LogP contribution in [0.3, 0.4) is 0 Å². The van der Waals surface area contributed by atoms with E-state index in [9.17, 15) is 0 Å². The minimum Gasteiger partial charge on any atom is -0.484 e. The highest BCUT2D eigenvalue weighted by Crippen LogP contribution is 2.19. The van der Waals surface area contributed by atoms with Crippen molar-refractivity contribution in [1.82, 2.24) is 0 Å². The predicted octanol–water partition coefficient (Wildman–Crippen LogP) is 3.18. The van der Waals surface area contributed by atoms with E-state index >= 15 is 0 Å². The number of hydrogen-bond acceptors (Lipinski definition) is 2. The van der Waals surface area contributed by atoms with E-state index in [4.69, 9.17) is 10.1 Å². The lowest BCUT2D eigenvalue weighted by Crippen LogP contribution is -2.09. The molecule has 0 aliphatic carbocycles. The third kappa shape index (κ3) is 2.56. The Morgan fingerprint density at radius 2 is 1.92 bits per heavy atom.